The van der Waals surface area contributed by atoms with Gasteiger partial charge in [0.25, 0.3) is 0 Å². The van der Waals surface area contributed by atoms with Crippen molar-refractivity contribution in [1.82, 2.24) is 19.9 Å². The van der Waals surface area contributed by atoms with Crippen molar-refractivity contribution in [2.24, 2.45) is 0 Å². The predicted molar refractivity (Wildman–Crippen MR) is 126 cm³/mol. The van der Waals surface area contributed by atoms with Crippen LogP contribution in [0.25, 0.3) is 10.9 Å². The normalized spacial score (nSPS) is 16.4. The molecule has 5 rings (SSSR count). The summed E-state index contributed by atoms with van der Waals surface area (Å²) in [6.45, 7) is 4.70. The number of anilines is 2. The fraction of sp³-hybridized carbons (Fsp3) is 0.280. The summed E-state index contributed by atoms with van der Waals surface area (Å²) < 4.78 is 5.41. The lowest BCUT2D eigenvalue weighted by Gasteiger charge is -2.40. The van der Waals surface area contributed by atoms with Gasteiger partial charge < -0.3 is 14.5 Å². The lowest BCUT2D eigenvalue weighted by Crippen LogP contribution is -2.53. The van der Waals surface area contributed by atoms with E-state index in [-0.39, 0.29) is 6.04 Å². The fourth-order valence-electron chi connectivity index (χ4n) is 4.27. The molecule has 2 aromatic carbocycles. The molecule has 1 aliphatic heterocycles. The zero-order valence-electron chi connectivity index (χ0n) is 18.3. The average molecular weight is 427 g/mol. The minimum Gasteiger partial charge on any atom is -0.497 e. The maximum absolute atomic E-state index is 5.41. The van der Waals surface area contributed by atoms with Gasteiger partial charge in [0.05, 0.1) is 12.6 Å². The number of rotatable bonds is 5. The van der Waals surface area contributed by atoms with Crippen molar-refractivity contribution in [3.8, 4) is 5.75 Å². The SMILES string of the molecule is COc1ccc2ncnc(N3CCN(c4ncc(Cc5ccccc5)cn4)[C@H](C)C3)c2c1. The predicted octanol–water partition coefficient (Wildman–Crippen LogP) is 3.73. The van der Waals surface area contributed by atoms with Crippen LogP contribution in [0.15, 0.2) is 67.3 Å². The number of nitrogens with zero attached hydrogens (tertiary/aromatic N) is 6. The Bertz CT molecular complexity index is 1200. The lowest BCUT2D eigenvalue weighted by molar-refractivity contribution is 0.415. The minimum absolute atomic E-state index is 0.249. The molecule has 7 nitrogen and oxygen atoms in total. The van der Waals surface area contributed by atoms with Gasteiger partial charge in [-0.05, 0) is 36.2 Å². The Kier molecular flexibility index (Phi) is 5.54. The second kappa shape index (κ2) is 8.78. The molecule has 0 amide bonds. The first-order valence-electron chi connectivity index (χ1n) is 10.9. The van der Waals surface area contributed by atoms with Crippen LogP contribution < -0.4 is 14.5 Å². The first-order chi connectivity index (χ1) is 15.7. The second-order valence-electron chi connectivity index (χ2n) is 8.12. The van der Waals surface area contributed by atoms with Gasteiger partial charge in [-0.2, -0.15) is 0 Å². The Morgan fingerprint density at radius 2 is 1.75 bits per heavy atom. The van der Waals surface area contributed by atoms with Gasteiger partial charge in [0.1, 0.15) is 17.9 Å². The number of piperazine rings is 1. The molecule has 7 heteroatoms. The molecular formula is C25H26N6O. The highest BCUT2D eigenvalue weighted by Crippen LogP contribution is 2.29. The van der Waals surface area contributed by atoms with Gasteiger partial charge in [0.2, 0.25) is 5.95 Å². The molecule has 1 fully saturated rings. The number of fused-ring (bicyclic) bond motifs is 1. The van der Waals surface area contributed by atoms with Crippen molar-refractivity contribution in [1.29, 1.82) is 0 Å². The molecule has 32 heavy (non-hydrogen) atoms. The maximum Gasteiger partial charge on any atom is 0.225 e. The molecule has 0 saturated carbocycles. The Labute approximate surface area is 187 Å². The molecule has 3 heterocycles. The number of ether oxygens (including phenoxy) is 1. The summed E-state index contributed by atoms with van der Waals surface area (Å²) in [4.78, 5) is 22.9. The van der Waals surface area contributed by atoms with E-state index in [9.17, 15) is 0 Å². The van der Waals surface area contributed by atoms with Gasteiger partial charge >= 0.3 is 0 Å². The van der Waals surface area contributed by atoms with Gasteiger partial charge in [0, 0.05) is 49.9 Å². The van der Waals surface area contributed by atoms with Crippen molar-refractivity contribution >= 4 is 22.7 Å². The van der Waals surface area contributed by atoms with Gasteiger partial charge in [-0.15, -0.1) is 0 Å². The highest BCUT2D eigenvalue weighted by Gasteiger charge is 2.27. The smallest absolute Gasteiger partial charge is 0.225 e. The van der Waals surface area contributed by atoms with Crippen molar-refractivity contribution in [2.45, 2.75) is 19.4 Å². The quantitative estimate of drug-likeness (QED) is 0.482. The topological polar surface area (TPSA) is 67.3 Å². The number of hydrogen-bond acceptors (Lipinski definition) is 7. The van der Waals surface area contributed by atoms with Gasteiger partial charge in [-0.3, -0.25) is 0 Å². The zero-order chi connectivity index (χ0) is 21.9. The van der Waals surface area contributed by atoms with Crippen LogP contribution in [0.5, 0.6) is 5.75 Å². The molecule has 1 saturated heterocycles. The van der Waals surface area contributed by atoms with E-state index in [0.717, 1.165) is 60.0 Å². The third-order valence-electron chi connectivity index (χ3n) is 5.95. The van der Waals surface area contributed by atoms with E-state index in [1.165, 1.54) is 5.56 Å². The zero-order valence-corrected chi connectivity index (χ0v) is 18.3. The van der Waals surface area contributed by atoms with Gasteiger partial charge in [0.15, 0.2) is 0 Å². The largest absolute Gasteiger partial charge is 0.497 e. The Morgan fingerprint density at radius 3 is 2.50 bits per heavy atom. The molecule has 0 bridgehead atoms. The molecule has 0 aliphatic carbocycles. The fourth-order valence-corrected chi connectivity index (χ4v) is 4.27. The highest BCUT2D eigenvalue weighted by molar-refractivity contribution is 5.90. The molecule has 0 spiro atoms. The average Bonchev–Trinajstić information content (AvgIpc) is 2.84. The summed E-state index contributed by atoms with van der Waals surface area (Å²) in [5.74, 6) is 2.53. The van der Waals surface area contributed by atoms with Crippen molar-refractivity contribution in [3.63, 3.8) is 0 Å². The maximum atomic E-state index is 5.41. The van der Waals surface area contributed by atoms with Crippen molar-refractivity contribution in [2.75, 3.05) is 36.5 Å². The third-order valence-corrected chi connectivity index (χ3v) is 5.95. The molecule has 2 aromatic heterocycles. The van der Waals surface area contributed by atoms with Crippen LogP contribution in [0.4, 0.5) is 11.8 Å². The second-order valence-corrected chi connectivity index (χ2v) is 8.12. The molecule has 1 atom stereocenters. The van der Waals surface area contributed by atoms with Crippen LogP contribution in [0.2, 0.25) is 0 Å². The number of benzene rings is 2. The molecule has 4 aromatic rings. The van der Waals surface area contributed by atoms with Crippen LogP contribution in [-0.4, -0.2) is 52.7 Å². The van der Waals surface area contributed by atoms with E-state index in [1.807, 2.05) is 36.7 Å². The number of methoxy groups -OCH3 is 1. The Hall–Kier alpha value is -3.74. The van der Waals surface area contributed by atoms with E-state index in [0.29, 0.717) is 0 Å². The van der Waals surface area contributed by atoms with E-state index < -0.39 is 0 Å². The van der Waals surface area contributed by atoms with Gasteiger partial charge in [-0.1, -0.05) is 30.3 Å². The summed E-state index contributed by atoms with van der Waals surface area (Å²) in [6.07, 6.45) is 6.36. The number of aromatic nitrogens is 4. The summed E-state index contributed by atoms with van der Waals surface area (Å²) in [6, 6.07) is 16.6. The van der Waals surface area contributed by atoms with Crippen LogP contribution >= 0.6 is 0 Å². The van der Waals surface area contributed by atoms with E-state index in [4.69, 9.17) is 4.74 Å². The summed E-state index contributed by atoms with van der Waals surface area (Å²) >= 11 is 0. The summed E-state index contributed by atoms with van der Waals surface area (Å²) in [5, 5.41) is 1.01. The lowest BCUT2D eigenvalue weighted by atomic mass is 10.1. The monoisotopic (exact) mass is 426 g/mol. The molecule has 0 unspecified atom stereocenters. The van der Waals surface area contributed by atoms with E-state index in [1.54, 1.807) is 13.4 Å². The Morgan fingerprint density at radius 1 is 0.938 bits per heavy atom. The standard InChI is InChI=1S/C25H26N6O/c1-18-16-30(24-22-13-21(32-2)8-9-23(22)28-17-29-24)10-11-31(18)25-26-14-20(15-27-25)12-19-6-4-3-5-7-19/h3-9,13-15,17-18H,10-12,16H2,1-2H3/t18-/m1/s1. The number of hydrogen-bond donors (Lipinski definition) is 0. The van der Waals surface area contributed by atoms with Crippen LogP contribution in [0.3, 0.4) is 0 Å². The summed E-state index contributed by atoms with van der Waals surface area (Å²) in [5.41, 5.74) is 3.30. The first-order valence-corrected chi connectivity index (χ1v) is 10.9. The third kappa shape index (κ3) is 4.06. The molecule has 162 valence electrons. The van der Waals surface area contributed by atoms with Crippen molar-refractivity contribution in [3.05, 3.63) is 78.4 Å². The van der Waals surface area contributed by atoms with Gasteiger partial charge in [-0.25, -0.2) is 19.9 Å². The van der Waals surface area contributed by atoms with E-state index in [2.05, 4.69) is 60.9 Å². The molecule has 0 radical (unpaired) electrons. The molecular weight excluding hydrogens is 400 g/mol. The molecule has 1 aliphatic rings. The highest BCUT2D eigenvalue weighted by atomic mass is 16.5. The summed E-state index contributed by atoms with van der Waals surface area (Å²) in [7, 11) is 1.68. The minimum atomic E-state index is 0.249. The molecule has 0 N–H and O–H groups in total. The first kappa shape index (κ1) is 20.2. The van der Waals surface area contributed by atoms with E-state index >= 15 is 0 Å². The van der Waals surface area contributed by atoms with Crippen molar-refractivity contribution < 1.29 is 4.74 Å². The van der Waals surface area contributed by atoms with Crippen LogP contribution in [0.1, 0.15) is 18.1 Å². The van der Waals surface area contributed by atoms with Crippen LogP contribution in [-0.2, 0) is 6.42 Å². The van der Waals surface area contributed by atoms with Crippen LogP contribution in [0, 0.1) is 0 Å². The Balaban J connectivity index is 1.31.